The van der Waals surface area contributed by atoms with E-state index in [2.05, 4.69) is 13.8 Å². The average Bonchev–Trinajstić information content (AvgIpc) is 2.54. The van der Waals surface area contributed by atoms with Crippen LogP contribution in [0.25, 0.3) is 0 Å². The van der Waals surface area contributed by atoms with Crippen LogP contribution in [0.3, 0.4) is 0 Å². The van der Waals surface area contributed by atoms with Gasteiger partial charge in [0.25, 0.3) is 0 Å². The Morgan fingerprint density at radius 1 is 1.00 bits per heavy atom. The highest BCUT2D eigenvalue weighted by atomic mass is 16.8. The fourth-order valence-electron chi connectivity index (χ4n) is 4.41. The summed E-state index contributed by atoms with van der Waals surface area (Å²) in [5.74, 6) is 2.62. The minimum Gasteiger partial charge on any atom is -0.355 e. The third kappa shape index (κ3) is 2.10. The maximum Gasteiger partial charge on any atom is 0.164 e. The molecule has 3 nitrogen and oxygen atoms in total. The Morgan fingerprint density at radius 2 is 1.83 bits per heavy atom. The fourth-order valence-corrected chi connectivity index (χ4v) is 4.41. The Kier molecular flexibility index (Phi) is 3.65. The lowest BCUT2D eigenvalue weighted by molar-refractivity contribution is -0.326. The second-order valence-corrected chi connectivity index (χ2v) is 6.42. The van der Waals surface area contributed by atoms with Crippen molar-refractivity contribution >= 4 is 0 Å². The minimum atomic E-state index is -0.0831. The van der Waals surface area contributed by atoms with Crippen LogP contribution in [0.2, 0.25) is 0 Å². The molecule has 18 heavy (non-hydrogen) atoms. The van der Waals surface area contributed by atoms with Crippen molar-refractivity contribution in [3.05, 3.63) is 0 Å². The molecule has 5 unspecified atom stereocenters. The van der Waals surface area contributed by atoms with Crippen molar-refractivity contribution in [2.45, 2.75) is 64.6 Å². The lowest BCUT2D eigenvalue weighted by atomic mass is 9.65. The van der Waals surface area contributed by atoms with Crippen LogP contribution in [0.5, 0.6) is 0 Å². The second kappa shape index (κ2) is 5.10. The van der Waals surface area contributed by atoms with E-state index in [0.29, 0.717) is 17.9 Å². The van der Waals surface area contributed by atoms with Crippen LogP contribution in [0, 0.1) is 23.7 Å². The molecule has 1 aliphatic carbocycles. The van der Waals surface area contributed by atoms with Crippen LogP contribution in [-0.4, -0.2) is 25.8 Å². The van der Waals surface area contributed by atoms with E-state index in [4.69, 9.17) is 14.2 Å². The first kappa shape index (κ1) is 12.9. The third-order valence-electron chi connectivity index (χ3n) is 5.38. The summed E-state index contributed by atoms with van der Waals surface area (Å²) in [4.78, 5) is 0. The molecular formula is C15H26O3. The number of rotatable bonds is 1. The standard InChI is InChI=1S/C15H26O3/c1-9-7-8-11-5-4-6-12-10(2)14(16-3)18-15(17-9)13(11)12/h9-15H,4-8H2,1-3H3/t9?,10?,11-,12?,13?,14-,15?/m1/s1. The first-order valence-corrected chi connectivity index (χ1v) is 7.54. The van der Waals surface area contributed by atoms with Gasteiger partial charge in [-0.25, -0.2) is 0 Å². The van der Waals surface area contributed by atoms with Gasteiger partial charge in [0.05, 0.1) is 6.10 Å². The molecule has 1 saturated carbocycles. The summed E-state index contributed by atoms with van der Waals surface area (Å²) in [5, 5.41) is 0. The number of methoxy groups -OCH3 is 1. The van der Waals surface area contributed by atoms with Crippen molar-refractivity contribution in [1.29, 1.82) is 0 Å². The van der Waals surface area contributed by atoms with Gasteiger partial charge in [-0.05, 0) is 44.4 Å². The molecule has 0 bridgehead atoms. The largest absolute Gasteiger partial charge is 0.355 e. The predicted octanol–water partition coefficient (Wildman–Crippen LogP) is 3.18. The van der Waals surface area contributed by atoms with Gasteiger partial charge >= 0.3 is 0 Å². The molecule has 3 aliphatic rings. The van der Waals surface area contributed by atoms with Crippen LogP contribution in [0.1, 0.15) is 46.0 Å². The Labute approximate surface area is 110 Å². The summed E-state index contributed by atoms with van der Waals surface area (Å²) >= 11 is 0. The van der Waals surface area contributed by atoms with Crippen LogP contribution in [-0.2, 0) is 14.2 Å². The topological polar surface area (TPSA) is 27.7 Å². The molecule has 3 fully saturated rings. The molecular weight excluding hydrogens is 228 g/mol. The van der Waals surface area contributed by atoms with Crippen molar-refractivity contribution in [3.63, 3.8) is 0 Å². The van der Waals surface area contributed by atoms with Gasteiger partial charge < -0.3 is 14.2 Å². The molecule has 104 valence electrons. The van der Waals surface area contributed by atoms with E-state index >= 15 is 0 Å². The molecule has 3 heteroatoms. The van der Waals surface area contributed by atoms with Gasteiger partial charge in [0.15, 0.2) is 12.6 Å². The number of hydrogen-bond donors (Lipinski definition) is 0. The van der Waals surface area contributed by atoms with E-state index in [-0.39, 0.29) is 12.6 Å². The van der Waals surface area contributed by atoms with E-state index in [1.165, 1.54) is 32.1 Å². The normalized spacial score (nSPS) is 52.5. The molecule has 2 saturated heterocycles. The van der Waals surface area contributed by atoms with Gasteiger partial charge in [-0.2, -0.15) is 0 Å². The molecule has 0 radical (unpaired) electrons. The zero-order chi connectivity index (χ0) is 12.7. The van der Waals surface area contributed by atoms with Crippen LogP contribution in [0.15, 0.2) is 0 Å². The van der Waals surface area contributed by atoms with E-state index in [1.807, 2.05) is 0 Å². The maximum atomic E-state index is 6.13. The molecule has 0 aromatic heterocycles. The van der Waals surface area contributed by atoms with E-state index in [0.717, 1.165) is 11.8 Å². The summed E-state index contributed by atoms with van der Waals surface area (Å²) in [5.41, 5.74) is 0. The summed E-state index contributed by atoms with van der Waals surface area (Å²) in [6.07, 6.45) is 6.76. The minimum absolute atomic E-state index is 0.0288. The summed E-state index contributed by atoms with van der Waals surface area (Å²) in [7, 11) is 1.75. The quantitative estimate of drug-likeness (QED) is 0.719. The van der Waals surface area contributed by atoms with Crippen molar-refractivity contribution in [2.24, 2.45) is 23.7 Å². The van der Waals surface area contributed by atoms with E-state index < -0.39 is 0 Å². The highest BCUT2D eigenvalue weighted by Gasteiger charge is 2.50. The summed E-state index contributed by atoms with van der Waals surface area (Å²) in [6.45, 7) is 4.46. The summed E-state index contributed by atoms with van der Waals surface area (Å²) in [6, 6.07) is 0. The maximum absolute atomic E-state index is 6.13. The first-order valence-electron chi connectivity index (χ1n) is 7.54. The molecule has 0 spiro atoms. The molecule has 7 atom stereocenters. The van der Waals surface area contributed by atoms with Gasteiger partial charge in [-0.3, -0.25) is 0 Å². The molecule has 0 N–H and O–H groups in total. The highest BCUT2D eigenvalue weighted by Crippen LogP contribution is 2.50. The second-order valence-electron chi connectivity index (χ2n) is 6.42. The van der Waals surface area contributed by atoms with E-state index in [1.54, 1.807) is 7.11 Å². The lowest BCUT2D eigenvalue weighted by Crippen LogP contribution is -2.52. The zero-order valence-corrected chi connectivity index (χ0v) is 11.8. The average molecular weight is 254 g/mol. The van der Waals surface area contributed by atoms with Gasteiger partial charge in [0.2, 0.25) is 0 Å². The smallest absolute Gasteiger partial charge is 0.164 e. The summed E-state index contributed by atoms with van der Waals surface area (Å²) < 4.78 is 17.7. The van der Waals surface area contributed by atoms with Crippen LogP contribution < -0.4 is 0 Å². The van der Waals surface area contributed by atoms with Gasteiger partial charge in [0, 0.05) is 18.9 Å². The van der Waals surface area contributed by atoms with Crippen LogP contribution >= 0.6 is 0 Å². The molecule has 0 aromatic carbocycles. The lowest BCUT2D eigenvalue weighted by Gasteiger charge is -2.49. The zero-order valence-electron chi connectivity index (χ0n) is 11.8. The first-order chi connectivity index (χ1) is 8.70. The molecule has 0 amide bonds. The molecule has 2 aliphatic heterocycles. The third-order valence-corrected chi connectivity index (χ3v) is 5.38. The van der Waals surface area contributed by atoms with Gasteiger partial charge in [-0.1, -0.05) is 13.3 Å². The van der Waals surface area contributed by atoms with Gasteiger partial charge in [0.1, 0.15) is 0 Å². The number of hydrogen-bond acceptors (Lipinski definition) is 3. The Bertz CT molecular complexity index is 293. The van der Waals surface area contributed by atoms with Gasteiger partial charge in [-0.15, -0.1) is 0 Å². The molecule has 0 aromatic rings. The molecule has 2 heterocycles. The van der Waals surface area contributed by atoms with Crippen molar-refractivity contribution in [2.75, 3.05) is 7.11 Å². The monoisotopic (exact) mass is 254 g/mol. The van der Waals surface area contributed by atoms with E-state index in [9.17, 15) is 0 Å². The van der Waals surface area contributed by atoms with Crippen LogP contribution in [0.4, 0.5) is 0 Å². The Balaban J connectivity index is 1.86. The fraction of sp³-hybridized carbons (Fsp3) is 1.00. The van der Waals surface area contributed by atoms with Crippen molar-refractivity contribution in [1.82, 2.24) is 0 Å². The SMILES string of the molecule is CO[C@@H]1OC2OC(C)CC[C@H]3CCCC(C23)C1C. The van der Waals surface area contributed by atoms with Crippen molar-refractivity contribution in [3.8, 4) is 0 Å². The number of ether oxygens (including phenoxy) is 3. The molecule has 3 rings (SSSR count). The Morgan fingerprint density at radius 3 is 2.61 bits per heavy atom. The Hall–Kier alpha value is -0.120. The van der Waals surface area contributed by atoms with Crippen molar-refractivity contribution < 1.29 is 14.2 Å². The predicted molar refractivity (Wildman–Crippen MR) is 68.9 cm³/mol. The highest BCUT2D eigenvalue weighted by molar-refractivity contribution is 4.92.